The van der Waals surface area contributed by atoms with Crippen molar-refractivity contribution in [3.8, 4) is 0 Å². The predicted octanol–water partition coefficient (Wildman–Crippen LogP) is 3.05. The van der Waals surface area contributed by atoms with Crippen molar-refractivity contribution in [2.45, 2.75) is 44.4 Å². The largest absolute Gasteiger partial charge is 0.342 e. The number of carbonyl (C=O) groups is 1. The van der Waals surface area contributed by atoms with Crippen molar-refractivity contribution in [2.24, 2.45) is 5.41 Å². The quantitative estimate of drug-likeness (QED) is 0.901. The van der Waals surface area contributed by atoms with Gasteiger partial charge in [0.2, 0.25) is 5.91 Å². The Bertz CT molecular complexity index is 581. The maximum atomic E-state index is 13.1. The SMILES string of the molecule is Cc1ccccc1C1(C(=O)N2CCC3(CCNC3)CC2)CC1.Cl. The van der Waals surface area contributed by atoms with Crippen LogP contribution in [0.5, 0.6) is 0 Å². The van der Waals surface area contributed by atoms with Crippen LogP contribution in [0.2, 0.25) is 0 Å². The second-order valence-electron chi connectivity index (χ2n) is 7.62. The van der Waals surface area contributed by atoms with Crippen molar-refractivity contribution < 1.29 is 4.79 Å². The zero-order chi connectivity index (χ0) is 15.2. The van der Waals surface area contributed by atoms with Gasteiger partial charge in [-0.25, -0.2) is 0 Å². The van der Waals surface area contributed by atoms with Gasteiger partial charge in [0.05, 0.1) is 5.41 Å². The van der Waals surface area contributed by atoms with Gasteiger partial charge in [-0.15, -0.1) is 12.4 Å². The van der Waals surface area contributed by atoms with E-state index in [0.29, 0.717) is 11.3 Å². The predicted molar refractivity (Wildman–Crippen MR) is 95.1 cm³/mol. The number of likely N-dealkylation sites (tertiary alicyclic amines) is 1. The van der Waals surface area contributed by atoms with E-state index in [4.69, 9.17) is 0 Å². The topological polar surface area (TPSA) is 32.3 Å². The van der Waals surface area contributed by atoms with Crippen LogP contribution in [0.3, 0.4) is 0 Å². The van der Waals surface area contributed by atoms with Crippen LogP contribution in [0.15, 0.2) is 24.3 Å². The van der Waals surface area contributed by atoms with Crippen LogP contribution in [0.25, 0.3) is 0 Å². The Kier molecular flexibility index (Phi) is 4.45. The van der Waals surface area contributed by atoms with E-state index in [2.05, 4.69) is 41.4 Å². The zero-order valence-electron chi connectivity index (χ0n) is 13.9. The summed E-state index contributed by atoms with van der Waals surface area (Å²) in [6.07, 6.45) is 5.70. The molecule has 4 rings (SSSR count). The number of nitrogens with zero attached hydrogens (tertiary/aromatic N) is 1. The van der Waals surface area contributed by atoms with E-state index in [1.165, 1.54) is 30.4 Å². The molecule has 1 aromatic rings. The highest BCUT2D eigenvalue weighted by Crippen LogP contribution is 2.51. The number of benzene rings is 1. The molecule has 4 heteroatoms. The lowest BCUT2D eigenvalue weighted by Gasteiger charge is -2.40. The van der Waals surface area contributed by atoms with Gasteiger partial charge in [-0.05, 0) is 62.1 Å². The number of halogens is 1. The number of piperidine rings is 1. The third kappa shape index (κ3) is 2.78. The van der Waals surface area contributed by atoms with Crippen molar-refractivity contribution >= 4 is 18.3 Å². The van der Waals surface area contributed by atoms with Gasteiger partial charge in [0.25, 0.3) is 0 Å². The summed E-state index contributed by atoms with van der Waals surface area (Å²) < 4.78 is 0. The minimum atomic E-state index is -0.191. The summed E-state index contributed by atoms with van der Waals surface area (Å²) in [4.78, 5) is 15.3. The molecule has 2 aliphatic heterocycles. The van der Waals surface area contributed by atoms with Crippen molar-refractivity contribution in [1.82, 2.24) is 10.2 Å². The Morgan fingerprint density at radius 2 is 1.78 bits per heavy atom. The molecule has 2 heterocycles. The Labute approximate surface area is 145 Å². The summed E-state index contributed by atoms with van der Waals surface area (Å²) in [6.45, 7) is 6.35. The van der Waals surface area contributed by atoms with E-state index in [-0.39, 0.29) is 17.8 Å². The van der Waals surface area contributed by atoms with Gasteiger partial charge < -0.3 is 10.2 Å². The van der Waals surface area contributed by atoms with E-state index >= 15 is 0 Å². The Morgan fingerprint density at radius 3 is 2.35 bits per heavy atom. The number of carbonyl (C=O) groups excluding carboxylic acids is 1. The lowest BCUT2D eigenvalue weighted by Crippen LogP contribution is -2.47. The van der Waals surface area contributed by atoms with Crippen LogP contribution >= 0.6 is 12.4 Å². The molecule has 1 aliphatic carbocycles. The van der Waals surface area contributed by atoms with Gasteiger partial charge in [0.1, 0.15) is 0 Å². The van der Waals surface area contributed by atoms with Gasteiger partial charge in [-0.3, -0.25) is 4.79 Å². The maximum absolute atomic E-state index is 13.1. The fourth-order valence-electron chi connectivity index (χ4n) is 4.54. The molecule has 3 nitrogen and oxygen atoms in total. The summed E-state index contributed by atoms with van der Waals surface area (Å²) in [5, 5.41) is 3.50. The van der Waals surface area contributed by atoms with Gasteiger partial charge in [-0.1, -0.05) is 24.3 Å². The summed E-state index contributed by atoms with van der Waals surface area (Å²) >= 11 is 0. The van der Waals surface area contributed by atoms with Crippen molar-refractivity contribution in [1.29, 1.82) is 0 Å². The van der Waals surface area contributed by atoms with Crippen molar-refractivity contribution in [2.75, 3.05) is 26.2 Å². The molecule has 3 aliphatic rings. The number of hydrogen-bond acceptors (Lipinski definition) is 2. The molecule has 3 fully saturated rings. The van der Waals surface area contributed by atoms with Crippen LogP contribution in [0, 0.1) is 12.3 Å². The standard InChI is InChI=1S/C19H26N2O.ClH/c1-15-4-2-3-5-16(15)19(6-7-19)17(22)21-12-9-18(10-13-21)8-11-20-14-18;/h2-5,20H,6-14H2,1H3;1H. The Morgan fingerprint density at radius 1 is 1.09 bits per heavy atom. The first kappa shape index (κ1) is 16.8. The molecule has 0 unspecified atom stereocenters. The molecule has 2 saturated heterocycles. The lowest BCUT2D eigenvalue weighted by molar-refractivity contribution is -0.136. The molecular weight excluding hydrogens is 308 g/mol. The number of nitrogens with one attached hydrogen (secondary N) is 1. The summed E-state index contributed by atoms with van der Waals surface area (Å²) in [6, 6.07) is 8.44. The van der Waals surface area contributed by atoms with E-state index < -0.39 is 0 Å². The monoisotopic (exact) mass is 334 g/mol. The molecule has 0 radical (unpaired) electrons. The fraction of sp³-hybridized carbons (Fsp3) is 0.632. The summed E-state index contributed by atoms with van der Waals surface area (Å²) in [7, 11) is 0. The van der Waals surface area contributed by atoms with Gasteiger partial charge in [0.15, 0.2) is 0 Å². The average molecular weight is 335 g/mol. The molecule has 0 bridgehead atoms. The Hall–Kier alpha value is -1.06. The second kappa shape index (κ2) is 6.10. The van der Waals surface area contributed by atoms with E-state index in [9.17, 15) is 4.79 Å². The van der Waals surface area contributed by atoms with E-state index in [1.54, 1.807) is 0 Å². The molecule has 1 amide bonds. The summed E-state index contributed by atoms with van der Waals surface area (Å²) in [5.41, 5.74) is 2.82. The third-order valence-electron chi connectivity index (χ3n) is 6.26. The molecule has 0 aromatic heterocycles. The first-order chi connectivity index (χ1) is 10.7. The van der Waals surface area contributed by atoms with Crippen LogP contribution in [0.4, 0.5) is 0 Å². The lowest BCUT2D eigenvalue weighted by atomic mass is 9.77. The van der Waals surface area contributed by atoms with Gasteiger partial charge >= 0.3 is 0 Å². The number of amides is 1. The highest BCUT2D eigenvalue weighted by Gasteiger charge is 2.54. The van der Waals surface area contributed by atoms with E-state index in [0.717, 1.165) is 39.0 Å². The number of hydrogen-bond donors (Lipinski definition) is 1. The fourth-order valence-corrected chi connectivity index (χ4v) is 4.54. The first-order valence-electron chi connectivity index (χ1n) is 8.72. The normalized spacial score (nSPS) is 24.3. The molecule has 1 aromatic carbocycles. The Balaban J connectivity index is 0.00000156. The van der Waals surface area contributed by atoms with Crippen LogP contribution < -0.4 is 5.32 Å². The molecule has 23 heavy (non-hydrogen) atoms. The van der Waals surface area contributed by atoms with Crippen LogP contribution in [-0.2, 0) is 10.2 Å². The van der Waals surface area contributed by atoms with E-state index in [1.807, 2.05) is 0 Å². The minimum absolute atomic E-state index is 0. The van der Waals surface area contributed by atoms with Gasteiger partial charge in [0, 0.05) is 19.6 Å². The van der Waals surface area contributed by atoms with Crippen molar-refractivity contribution in [3.63, 3.8) is 0 Å². The molecule has 126 valence electrons. The highest BCUT2D eigenvalue weighted by molar-refractivity contribution is 5.91. The molecule has 0 atom stereocenters. The maximum Gasteiger partial charge on any atom is 0.233 e. The second-order valence-corrected chi connectivity index (χ2v) is 7.62. The number of aryl methyl sites for hydroxylation is 1. The van der Waals surface area contributed by atoms with Crippen LogP contribution in [-0.4, -0.2) is 37.0 Å². The van der Waals surface area contributed by atoms with Crippen molar-refractivity contribution in [3.05, 3.63) is 35.4 Å². The average Bonchev–Trinajstić information content (AvgIpc) is 3.23. The highest BCUT2D eigenvalue weighted by atomic mass is 35.5. The zero-order valence-corrected chi connectivity index (χ0v) is 14.8. The van der Waals surface area contributed by atoms with Crippen LogP contribution in [0.1, 0.15) is 43.2 Å². The molecule has 1 N–H and O–H groups in total. The minimum Gasteiger partial charge on any atom is -0.342 e. The summed E-state index contributed by atoms with van der Waals surface area (Å²) in [5.74, 6) is 0.391. The van der Waals surface area contributed by atoms with Gasteiger partial charge in [-0.2, -0.15) is 0 Å². The first-order valence-corrected chi connectivity index (χ1v) is 8.72. The molecule has 1 spiro atoms. The third-order valence-corrected chi connectivity index (χ3v) is 6.26. The number of rotatable bonds is 2. The molecular formula is C19H27ClN2O. The smallest absolute Gasteiger partial charge is 0.233 e. The molecule has 1 saturated carbocycles.